The minimum atomic E-state index is -0.507. The lowest BCUT2D eigenvalue weighted by molar-refractivity contribution is 0.00712. The number of rotatable bonds is 24. The van der Waals surface area contributed by atoms with Gasteiger partial charge in [-0.15, -0.1) is 0 Å². The van der Waals surface area contributed by atoms with E-state index in [0.717, 1.165) is 25.7 Å². The van der Waals surface area contributed by atoms with Gasteiger partial charge in [0.25, 0.3) is 0 Å². The SMILES string of the molecule is CCCCCCCCCCCCCCCCCC(O)C(O)CCCCCCCC. The van der Waals surface area contributed by atoms with Crippen molar-refractivity contribution in [2.45, 2.75) is 174 Å². The topological polar surface area (TPSA) is 40.5 Å². The van der Waals surface area contributed by atoms with Crippen LogP contribution in [-0.4, -0.2) is 22.4 Å². The largest absolute Gasteiger partial charge is 0.390 e. The molecule has 0 aliphatic carbocycles. The van der Waals surface area contributed by atoms with Crippen LogP contribution in [-0.2, 0) is 0 Å². The standard InChI is InChI=1S/C27H56O2/c1-3-5-7-9-11-12-13-14-15-16-17-18-19-21-23-25-27(29)26(28)24-22-20-10-8-6-4-2/h26-29H,3-25H2,1-2H3. The minimum Gasteiger partial charge on any atom is -0.390 e. The van der Waals surface area contributed by atoms with Gasteiger partial charge in [0.1, 0.15) is 0 Å². The summed E-state index contributed by atoms with van der Waals surface area (Å²) >= 11 is 0. The smallest absolute Gasteiger partial charge is 0.0799 e. The van der Waals surface area contributed by atoms with Crippen LogP contribution in [0.25, 0.3) is 0 Å². The fourth-order valence-electron chi connectivity index (χ4n) is 4.24. The van der Waals surface area contributed by atoms with Gasteiger partial charge in [-0.25, -0.2) is 0 Å². The van der Waals surface area contributed by atoms with Crippen LogP contribution >= 0.6 is 0 Å². The van der Waals surface area contributed by atoms with E-state index in [9.17, 15) is 10.2 Å². The van der Waals surface area contributed by atoms with E-state index in [2.05, 4.69) is 13.8 Å². The van der Waals surface area contributed by atoms with Gasteiger partial charge in [-0.1, -0.05) is 149 Å². The normalized spacial score (nSPS) is 13.7. The van der Waals surface area contributed by atoms with Gasteiger partial charge in [-0.2, -0.15) is 0 Å². The Bertz CT molecular complexity index is 292. The van der Waals surface area contributed by atoms with Crippen LogP contribution in [0.4, 0.5) is 0 Å². The highest BCUT2D eigenvalue weighted by Crippen LogP contribution is 2.16. The lowest BCUT2D eigenvalue weighted by atomic mass is 9.99. The molecule has 0 bridgehead atoms. The molecule has 0 rings (SSSR count). The minimum absolute atomic E-state index is 0.507. The molecule has 2 N–H and O–H groups in total. The van der Waals surface area contributed by atoms with E-state index in [-0.39, 0.29) is 0 Å². The third kappa shape index (κ3) is 22.4. The highest BCUT2D eigenvalue weighted by Gasteiger charge is 2.15. The summed E-state index contributed by atoms with van der Waals surface area (Å²) in [5, 5.41) is 20.2. The Morgan fingerprint density at radius 1 is 0.345 bits per heavy atom. The summed E-state index contributed by atoms with van der Waals surface area (Å²) in [4.78, 5) is 0. The van der Waals surface area contributed by atoms with E-state index in [1.807, 2.05) is 0 Å². The summed E-state index contributed by atoms with van der Waals surface area (Å²) in [5.41, 5.74) is 0. The predicted octanol–water partition coefficient (Wildman–Crippen LogP) is 8.72. The molecule has 0 aliphatic rings. The molecule has 0 radical (unpaired) electrons. The van der Waals surface area contributed by atoms with Crippen molar-refractivity contribution in [2.75, 3.05) is 0 Å². The first-order valence-electron chi connectivity index (χ1n) is 13.6. The molecule has 0 aromatic heterocycles. The van der Waals surface area contributed by atoms with Gasteiger partial charge in [0, 0.05) is 0 Å². The average Bonchev–Trinajstić information content (AvgIpc) is 2.73. The number of hydrogen-bond donors (Lipinski definition) is 2. The maximum Gasteiger partial charge on any atom is 0.0799 e. The summed E-state index contributed by atoms with van der Waals surface area (Å²) in [6.45, 7) is 4.52. The predicted molar refractivity (Wildman–Crippen MR) is 130 cm³/mol. The summed E-state index contributed by atoms with van der Waals surface area (Å²) in [7, 11) is 0. The average molecular weight is 413 g/mol. The first kappa shape index (κ1) is 28.9. The van der Waals surface area contributed by atoms with E-state index in [1.54, 1.807) is 0 Å². The molecular weight excluding hydrogens is 356 g/mol. The molecule has 0 aromatic rings. The second-order valence-electron chi connectivity index (χ2n) is 9.43. The Labute approximate surface area is 184 Å². The summed E-state index contributed by atoms with van der Waals surface area (Å²) in [5.74, 6) is 0. The second-order valence-corrected chi connectivity index (χ2v) is 9.43. The fraction of sp³-hybridized carbons (Fsp3) is 1.00. The van der Waals surface area contributed by atoms with Gasteiger partial charge in [0.05, 0.1) is 12.2 Å². The van der Waals surface area contributed by atoms with Gasteiger partial charge in [0.2, 0.25) is 0 Å². The van der Waals surface area contributed by atoms with Crippen LogP contribution in [0.2, 0.25) is 0 Å². The first-order valence-corrected chi connectivity index (χ1v) is 13.6. The zero-order valence-electron chi connectivity index (χ0n) is 20.3. The quantitative estimate of drug-likeness (QED) is 0.156. The van der Waals surface area contributed by atoms with Crippen molar-refractivity contribution in [3.05, 3.63) is 0 Å². The fourth-order valence-corrected chi connectivity index (χ4v) is 4.24. The van der Waals surface area contributed by atoms with Crippen LogP contribution in [0.5, 0.6) is 0 Å². The van der Waals surface area contributed by atoms with Gasteiger partial charge in [0.15, 0.2) is 0 Å². The molecule has 0 amide bonds. The van der Waals surface area contributed by atoms with Gasteiger partial charge in [-0.05, 0) is 12.8 Å². The summed E-state index contributed by atoms with van der Waals surface area (Å²) in [6.07, 6.45) is 28.5. The van der Waals surface area contributed by atoms with Crippen molar-refractivity contribution in [2.24, 2.45) is 0 Å². The van der Waals surface area contributed by atoms with Gasteiger partial charge < -0.3 is 10.2 Å². The van der Waals surface area contributed by atoms with Crippen molar-refractivity contribution >= 4 is 0 Å². The zero-order chi connectivity index (χ0) is 21.4. The number of hydrogen-bond acceptors (Lipinski definition) is 2. The maximum absolute atomic E-state index is 10.1. The molecule has 0 fully saturated rings. The molecule has 0 saturated carbocycles. The monoisotopic (exact) mass is 412 g/mol. The van der Waals surface area contributed by atoms with Crippen LogP contribution in [0, 0.1) is 0 Å². The van der Waals surface area contributed by atoms with Crippen LogP contribution in [0.3, 0.4) is 0 Å². The first-order chi connectivity index (χ1) is 14.2. The van der Waals surface area contributed by atoms with E-state index in [1.165, 1.54) is 122 Å². The van der Waals surface area contributed by atoms with E-state index in [4.69, 9.17) is 0 Å². The van der Waals surface area contributed by atoms with Gasteiger partial charge >= 0.3 is 0 Å². The lowest BCUT2D eigenvalue weighted by Gasteiger charge is -2.17. The van der Waals surface area contributed by atoms with Crippen LogP contribution in [0.1, 0.15) is 162 Å². The molecule has 0 heterocycles. The molecule has 0 saturated heterocycles. The van der Waals surface area contributed by atoms with Crippen molar-refractivity contribution in [1.82, 2.24) is 0 Å². The Balaban J connectivity index is 3.24. The number of aliphatic hydroxyl groups is 2. The molecule has 0 spiro atoms. The Hall–Kier alpha value is -0.0800. The zero-order valence-corrected chi connectivity index (χ0v) is 20.3. The molecule has 2 heteroatoms. The summed E-state index contributed by atoms with van der Waals surface area (Å²) in [6, 6.07) is 0. The molecule has 176 valence electrons. The molecule has 2 unspecified atom stereocenters. The molecule has 29 heavy (non-hydrogen) atoms. The van der Waals surface area contributed by atoms with Crippen molar-refractivity contribution in [3.63, 3.8) is 0 Å². The number of unbranched alkanes of at least 4 members (excludes halogenated alkanes) is 19. The summed E-state index contributed by atoms with van der Waals surface area (Å²) < 4.78 is 0. The van der Waals surface area contributed by atoms with Crippen molar-refractivity contribution < 1.29 is 10.2 Å². The second kappa shape index (κ2) is 24.2. The van der Waals surface area contributed by atoms with E-state index in [0.29, 0.717) is 0 Å². The molecule has 0 aromatic carbocycles. The maximum atomic E-state index is 10.1. The third-order valence-corrected chi connectivity index (χ3v) is 6.40. The van der Waals surface area contributed by atoms with Crippen LogP contribution in [0.15, 0.2) is 0 Å². The molecular formula is C27H56O2. The van der Waals surface area contributed by atoms with E-state index >= 15 is 0 Å². The Kier molecular flexibility index (Phi) is 24.1. The third-order valence-electron chi connectivity index (χ3n) is 6.40. The van der Waals surface area contributed by atoms with Crippen molar-refractivity contribution in [3.8, 4) is 0 Å². The highest BCUT2D eigenvalue weighted by molar-refractivity contribution is 4.67. The van der Waals surface area contributed by atoms with Gasteiger partial charge in [-0.3, -0.25) is 0 Å². The Morgan fingerprint density at radius 3 is 0.793 bits per heavy atom. The number of aliphatic hydroxyl groups excluding tert-OH is 2. The van der Waals surface area contributed by atoms with Crippen LogP contribution < -0.4 is 0 Å². The van der Waals surface area contributed by atoms with Crippen molar-refractivity contribution in [1.29, 1.82) is 0 Å². The molecule has 2 atom stereocenters. The lowest BCUT2D eigenvalue weighted by Crippen LogP contribution is -2.25. The highest BCUT2D eigenvalue weighted by atomic mass is 16.3. The molecule has 0 aliphatic heterocycles. The Morgan fingerprint density at radius 2 is 0.552 bits per heavy atom. The van der Waals surface area contributed by atoms with E-state index < -0.39 is 12.2 Å². The molecule has 2 nitrogen and oxygen atoms in total.